The van der Waals surface area contributed by atoms with Gasteiger partial charge in [-0.15, -0.1) is 0 Å². The number of para-hydroxylation sites is 2. The molecule has 0 fully saturated rings. The summed E-state index contributed by atoms with van der Waals surface area (Å²) in [4.78, 5) is 31.9. The van der Waals surface area contributed by atoms with Crippen LogP contribution in [0.3, 0.4) is 0 Å². The molecule has 4 rings (SSSR count). The SMILES string of the molecule is CC(NC(=O)CCCn1c(=O)oc2ccccc21)c1ncc(-c2ccccc2)[nH]1. The Balaban J connectivity index is 1.32. The monoisotopic (exact) mass is 390 g/mol. The highest BCUT2D eigenvalue weighted by Gasteiger charge is 2.14. The summed E-state index contributed by atoms with van der Waals surface area (Å²) >= 11 is 0. The maximum Gasteiger partial charge on any atom is 0.419 e. The number of hydrogen-bond donors (Lipinski definition) is 2. The van der Waals surface area contributed by atoms with Crippen molar-refractivity contribution in [2.24, 2.45) is 0 Å². The van der Waals surface area contributed by atoms with Crippen LogP contribution in [0.2, 0.25) is 0 Å². The molecule has 0 radical (unpaired) electrons. The summed E-state index contributed by atoms with van der Waals surface area (Å²) < 4.78 is 6.77. The van der Waals surface area contributed by atoms with Crippen LogP contribution in [-0.2, 0) is 11.3 Å². The normalized spacial score (nSPS) is 12.2. The van der Waals surface area contributed by atoms with Gasteiger partial charge in [-0.05, 0) is 31.0 Å². The lowest BCUT2D eigenvalue weighted by molar-refractivity contribution is -0.121. The number of nitrogens with one attached hydrogen (secondary N) is 2. The summed E-state index contributed by atoms with van der Waals surface area (Å²) in [5.41, 5.74) is 3.26. The lowest BCUT2D eigenvalue weighted by atomic mass is 10.2. The van der Waals surface area contributed by atoms with E-state index in [0.717, 1.165) is 16.8 Å². The Hall–Kier alpha value is -3.61. The van der Waals surface area contributed by atoms with E-state index < -0.39 is 5.76 Å². The molecule has 2 heterocycles. The van der Waals surface area contributed by atoms with Crippen LogP contribution in [0.1, 0.15) is 31.6 Å². The lowest BCUT2D eigenvalue weighted by Gasteiger charge is -2.11. The average Bonchev–Trinajstić information content (AvgIpc) is 3.34. The quantitative estimate of drug-likeness (QED) is 0.504. The number of aromatic nitrogens is 3. The molecule has 0 saturated heterocycles. The minimum absolute atomic E-state index is 0.0870. The van der Waals surface area contributed by atoms with E-state index in [0.29, 0.717) is 30.8 Å². The number of aryl methyl sites for hydroxylation is 1. The Bertz CT molecular complexity index is 1170. The van der Waals surface area contributed by atoms with Crippen molar-refractivity contribution in [3.8, 4) is 11.3 Å². The number of H-pyrrole nitrogens is 1. The first-order chi connectivity index (χ1) is 14.1. The van der Waals surface area contributed by atoms with Gasteiger partial charge in [-0.3, -0.25) is 9.36 Å². The molecular formula is C22H22N4O3. The fraction of sp³-hybridized carbons (Fsp3) is 0.227. The van der Waals surface area contributed by atoms with Crippen LogP contribution in [-0.4, -0.2) is 20.4 Å². The van der Waals surface area contributed by atoms with Crippen molar-refractivity contribution in [2.45, 2.75) is 32.4 Å². The molecule has 29 heavy (non-hydrogen) atoms. The summed E-state index contributed by atoms with van der Waals surface area (Å²) in [5.74, 6) is 0.217. The van der Waals surface area contributed by atoms with Gasteiger partial charge in [0.2, 0.25) is 5.91 Å². The molecule has 1 atom stereocenters. The van der Waals surface area contributed by atoms with Gasteiger partial charge in [0, 0.05) is 13.0 Å². The van der Waals surface area contributed by atoms with Crippen molar-refractivity contribution < 1.29 is 9.21 Å². The van der Waals surface area contributed by atoms with E-state index in [-0.39, 0.29) is 11.9 Å². The first-order valence-corrected chi connectivity index (χ1v) is 9.60. The number of carbonyl (C=O) groups is 1. The zero-order valence-electron chi connectivity index (χ0n) is 16.1. The summed E-state index contributed by atoms with van der Waals surface area (Å²) in [6, 6.07) is 16.9. The number of hydrogen-bond acceptors (Lipinski definition) is 4. The number of benzene rings is 2. The largest absolute Gasteiger partial charge is 0.419 e. The molecule has 2 N–H and O–H groups in total. The van der Waals surface area contributed by atoms with Gasteiger partial charge in [-0.1, -0.05) is 42.5 Å². The summed E-state index contributed by atoms with van der Waals surface area (Å²) in [6.45, 7) is 2.32. The van der Waals surface area contributed by atoms with Crippen LogP contribution >= 0.6 is 0 Å². The molecule has 0 aliphatic carbocycles. The van der Waals surface area contributed by atoms with Crippen molar-refractivity contribution in [3.63, 3.8) is 0 Å². The molecule has 7 nitrogen and oxygen atoms in total. The third-order valence-electron chi connectivity index (χ3n) is 4.83. The predicted molar refractivity (Wildman–Crippen MR) is 110 cm³/mol. The van der Waals surface area contributed by atoms with Crippen molar-refractivity contribution >= 4 is 17.0 Å². The molecule has 1 amide bonds. The molecule has 148 valence electrons. The molecule has 4 aromatic rings. The van der Waals surface area contributed by atoms with E-state index in [9.17, 15) is 9.59 Å². The van der Waals surface area contributed by atoms with E-state index in [1.807, 2.05) is 55.5 Å². The van der Waals surface area contributed by atoms with E-state index in [1.165, 1.54) is 0 Å². The molecular weight excluding hydrogens is 368 g/mol. The number of aromatic amines is 1. The first-order valence-electron chi connectivity index (χ1n) is 9.60. The summed E-state index contributed by atoms with van der Waals surface area (Å²) in [6.07, 6.45) is 2.61. The molecule has 0 aliphatic heterocycles. The van der Waals surface area contributed by atoms with E-state index >= 15 is 0 Å². The standard InChI is InChI=1S/C22H22N4O3/c1-15(21-23-14-17(25-21)16-8-3-2-4-9-16)24-20(27)12-7-13-26-18-10-5-6-11-19(18)29-22(26)28/h2-6,8-11,14-15H,7,12-13H2,1H3,(H,23,25)(H,24,27). The number of rotatable bonds is 7. The zero-order chi connectivity index (χ0) is 20.2. The van der Waals surface area contributed by atoms with Crippen LogP contribution < -0.4 is 11.1 Å². The zero-order valence-corrected chi connectivity index (χ0v) is 16.1. The molecule has 7 heteroatoms. The van der Waals surface area contributed by atoms with Crippen LogP contribution in [0, 0.1) is 0 Å². The average molecular weight is 390 g/mol. The van der Waals surface area contributed by atoms with Crippen LogP contribution in [0.15, 0.2) is 70.0 Å². The Labute approximate surface area is 167 Å². The molecule has 2 aromatic heterocycles. The summed E-state index contributed by atoms with van der Waals surface area (Å²) in [7, 11) is 0. The van der Waals surface area contributed by atoms with Gasteiger partial charge in [0.05, 0.1) is 23.4 Å². The number of oxazole rings is 1. The van der Waals surface area contributed by atoms with Crippen molar-refractivity contribution in [1.82, 2.24) is 19.9 Å². The third-order valence-corrected chi connectivity index (χ3v) is 4.83. The summed E-state index contributed by atoms with van der Waals surface area (Å²) in [5, 5.41) is 2.95. The molecule has 0 spiro atoms. The fourth-order valence-electron chi connectivity index (χ4n) is 3.33. The smallest absolute Gasteiger partial charge is 0.408 e. The van der Waals surface area contributed by atoms with Crippen molar-refractivity contribution in [2.75, 3.05) is 0 Å². The lowest BCUT2D eigenvalue weighted by Crippen LogP contribution is -2.27. The van der Waals surface area contributed by atoms with Gasteiger partial charge in [0.15, 0.2) is 5.58 Å². The van der Waals surface area contributed by atoms with Gasteiger partial charge in [-0.25, -0.2) is 9.78 Å². The predicted octanol–water partition coefficient (Wildman–Crippen LogP) is 3.64. The highest BCUT2D eigenvalue weighted by Crippen LogP contribution is 2.19. The van der Waals surface area contributed by atoms with Gasteiger partial charge in [0.25, 0.3) is 0 Å². The number of imidazole rings is 1. The maximum absolute atomic E-state index is 12.3. The van der Waals surface area contributed by atoms with Crippen LogP contribution in [0.25, 0.3) is 22.4 Å². The number of nitrogens with zero attached hydrogens (tertiary/aromatic N) is 2. The Kier molecular flexibility index (Phi) is 5.29. The van der Waals surface area contributed by atoms with Crippen LogP contribution in [0.5, 0.6) is 0 Å². The minimum atomic E-state index is -0.399. The second-order valence-electron chi connectivity index (χ2n) is 6.93. The fourth-order valence-corrected chi connectivity index (χ4v) is 3.33. The molecule has 0 bridgehead atoms. The number of carbonyl (C=O) groups excluding carboxylic acids is 1. The van der Waals surface area contributed by atoms with E-state index in [1.54, 1.807) is 16.8 Å². The van der Waals surface area contributed by atoms with Gasteiger partial charge in [0.1, 0.15) is 5.82 Å². The molecule has 0 saturated carbocycles. The second-order valence-corrected chi connectivity index (χ2v) is 6.93. The Morgan fingerprint density at radius 3 is 2.76 bits per heavy atom. The highest BCUT2D eigenvalue weighted by atomic mass is 16.4. The molecule has 0 aliphatic rings. The van der Waals surface area contributed by atoms with Gasteiger partial charge in [-0.2, -0.15) is 0 Å². The molecule has 2 aromatic carbocycles. The first kappa shape index (κ1) is 18.7. The van der Waals surface area contributed by atoms with Crippen molar-refractivity contribution in [3.05, 3.63) is 77.2 Å². The van der Waals surface area contributed by atoms with E-state index in [2.05, 4.69) is 15.3 Å². The topological polar surface area (TPSA) is 92.9 Å². The van der Waals surface area contributed by atoms with Crippen molar-refractivity contribution in [1.29, 1.82) is 0 Å². The second kappa shape index (κ2) is 8.18. The van der Waals surface area contributed by atoms with Crippen LogP contribution in [0.4, 0.5) is 0 Å². The minimum Gasteiger partial charge on any atom is -0.408 e. The van der Waals surface area contributed by atoms with Gasteiger partial charge < -0.3 is 14.7 Å². The number of fused-ring (bicyclic) bond motifs is 1. The number of amides is 1. The molecule has 1 unspecified atom stereocenters. The van der Waals surface area contributed by atoms with Gasteiger partial charge >= 0.3 is 5.76 Å². The maximum atomic E-state index is 12.3. The van der Waals surface area contributed by atoms with E-state index in [4.69, 9.17) is 4.42 Å². The third kappa shape index (κ3) is 4.13. The Morgan fingerprint density at radius 2 is 1.93 bits per heavy atom. The highest BCUT2D eigenvalue weighted by molar-refractivity contribution is 5.76. The Morgan fingerprint density at radius 1 is 1.17 bits per heavy atom.